The van der Waals surface area contributed by atoms with Crippen LogP contribution in [0.2, 0.25) is 0 Å². The van der Waals surface area contributed by atoms with Crippen molar-refractivity contribution < 1.29 is 31.9 Å². The minimum atomic E-state index is -2.03. The van der Waals surface area contributed by atoms with Gasteiger partial charge in [0.15, 0.2) is 23.3 Å². The molecule has 1 amide bonds. The third kappa shape index (κ3) is 6.33. The van der Waals surface area contributed by atoms with E-state index in [1.807, 2.05) is 6.92 Å². The van der Waals surface area contributed by atoms with Gasteiger partial charge in [-0.1, -0.05) is 41.8 Å². The van der Waals surface area contributed by atoms with E-state index in [0.29, 0.717) is 6.42 Å². The molecule has 1 rings (SSSR count). The summed E-state index contributed by atoms with van der Waals surface area (Å²) in [5.41, 5.74) is 4.44. The normalized spacial score (nSPS) is 12.1. The first-order valence-electron chi connectivity index (χ1n) is 8.44. The number of alkyl halides is 1. The maximum atomic E-state index is 13.9. The number of benzene rings is 1. The highest BCUT2D eigenvalue weighted by molar-refractivity contribution is 9.09. The second kappa shape index (κ2) is 10.4. The molecular formula is C17H19BrF4N4O3. The Morgan fingerprint density at radius 1 is 1.21 bits per heavy atom. The predicted octanol–water partition coefficient (Wildman–Crippen LogP) is 5.05. The molecule has 12 heteroatoms. The van der Waals surface area contributed by atoms with E-state index in [9.17, 15) is 27.2 Å². The van der Waals surface area contributed by atoms with E-state index in [1.54, 1.807) is 13.8 Å². The summed E-state index contributed by atoms with van der Waals surface area (Å²) in [6.45, 7) is 5.16. The molecule has 0 fully saturated rings. The van der Waals surface area contributed by atoms with Crippen LogP contribution in [0.4, 0.5) is 23.2 Å². The number of carbonyl (C=O) groups is 2. The van der Waals surface area contributed by atoms with Gasteiger partial charge in [-0.15, -0.1) is 0 Å². The molecule has 0 aliphatic heterocycles. The number of ether oxygens (including phenoxy) is 1. The van der Waals surface area contributed by atoms with Crippen LogP contribution in [0, 0.1) is 28.7 Å². The van der Waals surface area contributed by atoms with E-state index >= 15 is 0 Å². The van der Waals surface area contributed by atoms with Gasteiger partial charge in [-0.25, -0.2) is 22.4 Å². The number of carbonyl (C=O) groups excluding carboxylic acids is 2. The average molecular weight is 483 g/mol. The zero-order valence-corrected chi connectivity index (χ0v) is 17.4. The molecular weight excluding hydrogens is 464 g/mol. The van der Waals surface area contributed by atoms with Crippen molar-refractivity contribution in [3.63, 3.8) is 0 Å². The van der Waals surface area contributed by atoms with E-state index in [1.165, 1.54) is 0 Å². The smallest absolute Gasteiger partial charge is 0.344 e. The van der Waals surface area contributed by atoms with Gasteiger partial charge in [0.2, 0.25) is 5.91 Å². The fraction of sp³-hybridized carbons (Fsp3) is 0.529. The minimum absolute atomic E-state index is 0.0996. The highest BCUT2D eigenvalue weighted by Crippen LogP contribution is 2.31. The van der Waals surface area contributed by atoms with Crippen molar-refractivity contribution in [3.8, 4) is 0 Å². The zero-order chi connectivity index (χ0) is 22.4. The van der Waals surface area contributed by atoms with Crippen molar-refractivity contribution in [2.45, 2.75) is 38.4 Å². The molecule has 0 saturated heterocycles. The van der Waals surface area contributed by atoms with Crippen molar-refractivity contribution in [1.29, 1.82) is 0 Å². The SMILES string of the molecule is CC(Br)CC(C)(C)C(=O)NCCCOC(=O)c1c(F)c(F)c(N=[N+]=[N-])c(F)c1F. The van der Waals surface area contributed by atoms with Crippen LogP contribution >= 0.6 is 15.9 Å². The molecule has 1 aromatic carbocycles. The van der Waals surface area contributed by atoms with E-state index in [0.717, 1.165) is 0 Å². The number of amides is 1. The van der Waals surface area contributed by atoms with Crippen molar-refractivity contribution >= 4 is 33.5 Å². The van der Waals surface area contributed by atoms with E-state index in [4.69, 9.17) is 5.53 Å². The Morgan fingerprint density at radius 2 is 1.76 bits per heavy atom. The molecule has 0 saturated carbocycles. The van der Waals surface area contributed by atoms with Crippen molar-refractivity contribution in [3.05, 3.63) is 39.3 Å². The monoisotopic (exact) mass is 482 g/mol. The van der Waals surface area contributed by atoms with Gasteiger partial charge >= 0.3 is 5.97 Å². The van der Waals surface area contributed by atoms with Crippen LogP contribution in [-0.2, 0) is 9.53 Å². The fourth-order valence-electron chi connectivity index (χ4n) is 2.48. The van der Waals surface area contributed by atoms with Crippen LogP contribution in [0.1, 0.15) is 44.0 Å². The predicted molar refractivity (Wildman–Crippen MR) is 99.8 cm³/mol. The number of esters is 1. The molecule has 0 radical (unpaired) electrons. The van der Waals surface area contributed by atoms with Gasteiger partial charge < -0.3 is 10.1 Å². The Bertz CT molecular complexity index is 813. The van der Waals surface area contributed by atoms with E-state index < -0.39 is 45.9 Å². The first-order chi connectivity index (χ1) is 13.4. The van der Waals surface area contributed by atoms with Crippen LogP contribution in [-0.4, -0.2) is 29.9 Å². The second-order valence-corrected chi connectivity index (χ2v) is 8.35. The minimum Gasteiger partial charge on any atom is -0.462 e. The molecule has 160 valence electrons. The molecule has 7 nitrogen and oxygen atoms in total. The van der Waals surface area contributed by atoms with Crippen molar-refractivity contribution in [2.24, 2.45) is 10.5 Å². The van der Waals surface area contributed by atoms with Gasteiger partial charge in [0.25, 0.3) is 0 Å². The summed E-state index contributed by atoms with van der Waals surface area (Å²) in [4.78, 5) is 26.1. The summed E-state index contributed by atoms with van der Waals surface area (Å²) in [5.74, 6) is -9.95. The number of azide groups is 1. The lowest BCUT2D eigenvalue weighted by Gasteiger charge is -2.24. The van der Waals surface area contributed by atoms with Crippen LogP contribution < -0.4 is 5.32 Å². The fourth-order valence-corrected chi connectivity index (χ4v) is 3.29. The Labute approximate surface area is 172 Å². The highest BCUT2D eigenvalue weighted by atomic mass is 79.9. The second-order valence-electron chi connectivity index (χ2n) is 6.78. The molecule has 29 heavy (non-hydrogen) atoms. The number of hydrogen-bond donors (Lipinski definition) is 1. The molecule has 1 atom stereocenters. The average Bonchev–Trinajstić information content (AvgIpc) is 2.62. The maximum absolute atomic E-state index is 13.9. The van der Waals surface area contributed by atoms with Crippen LogP contribution in [0.3, 0.4) is 0 Å². The first kappa shape index (κ1) is 24.7. The number of halogens is 5. The third-order valence-electron chi connectivity index (χ3n) is 3.84. The topological polar surface area (TPSA) is 104 Å². The number of nitrogens with zero attached hydrogens (tertiary/aromatic N) is 3. The number of nitrogens with one attached hydrogen (secondary N) is 1. The standard InChI is InChI=1S/C17H19BrF4N4O3/c1-8(18)7-17(2,3)16(28)24-5-4-6-29-15(27)9-10(19)12(21)14(25-26-23)13(22)11(9)20/h8H,4-7H2,1-3H3,(H,24,28). The molecule has 0 aliphatic rings. The zero-order valence-electron chi connectivity index (χ0n) is 15.9. The molecule has 0 aliphatic carbocycles. The molecule has 0 aromatic heterocycles. The lowest BCUT2D eigenvalue weighted by molar-refractivity contribution is -0.129. The van der Waals surface area contributed by atoms with Gasteiger partial charge in [-0.2, -0.15) is 0 Å². The lowest BCUT2D eigenvalue weighted by atomic mass is 9.87. The van der Waals surface area contributed by atoms with Gasteiger partial charge in [-0.05, 0) is 18.4 Å². The largest absolute Gasteiger partial charge is 0.462 e. The summed E-state index contributed by atoms with van der Waals surface area (Å²) in [6, 6.07) is 0. The maximum Gasteiger partial charge on any atom is 0.344 e. The van der Waals surface area contributed by atoms with Gasteiger partial charge in [0.05, 0.1) is 6.61 Å². The summed E-state index contributed by atoms with van der Waals surface area (Å²) >= 11 is 3.37. The highest BCUT2D eigenvalue weighted by Gasteiger charge is 2.30. The van der Waals surface area contributed by atoms with Gasteiger partial charge in [0.1, 0.15) is 11.3 Å². The molecule has 0 heterocycles. The van der Waals surface area contributed by atoms with Crippen LogP contribution in [0.25, 0.3) is 10.4 Å². The van der Waals surface area contributed by atoms with Crippen molar-refractivity contribution in [1.82, 2.24) is 5.32 Å². The molecule has 1 N–H and O–H groups in total. The summed E-state index contributed by atoms with van der Waals surface area (Å²) in [6.07, 6.45) is 0.678. The van der Waals surface area contributed by atoms with E-state index in [2.05, 4.69) is 36.0 Å². The van der Waals surface area contributed by atoms with E-state index in [-0.39, 0.29) is 30.3 Å². The Balaban J connectivity index is 2.69. The molecule has 0 bridgehead atoms. The third-order valence-corrected chi connectivity index (χ3v) is 4.16. The Kier molecular flexibility index (Phi) is 8.90. The lowest BCUT2D eigenvalue weighted by Crippen LogP contribution is -2.38. The van der Waals surface area contributed by atoms with Crippen LogP contribution in [0.5, 0.6) is 0 Å². The summed E-state index contributed by atoms with van der Waals surface area (Å²) < 4.78 is 59.7. The van der Waals surface area contributed by atoms with Gasteiger partial charge in [-0.3, -0.25) is 4.79 Å². The summed E-state index contributed by atoms with van der Waals surface area (Å²) in [5, 5.41) is 5.16. The number of hydrogen-bond acceptors (Lipinski definition) is 4. The molecule has 1 unspecified atom stereocenters. The Morgan fingerprint density at radius 3 is 2.24 bits per heavy atom. The van der Waals surface area contributed by atoms with Crippen LogP contribution in [0.15, 0.2) is 5.11 Å². The quantitative estimate of drug-likeness (QED) is 0.0777. The Hall–Kier alpha value is -2.33. The molecule has 1 aromatic rings. The number of rotatable bonds is 9. The van der Waals surface area contributed by atoms with Crippen molar-refractivity contribution in [2.75, 3.05) is 13.2 Å². The first-order valence-corrected chi connectivity index (χ1v) is 9.36. The summed E-state index contributed by atoms with van der Waals surface area (Å²) in [7, 11) is 0. The van der Waals surface area contributed by atoms with Gasteiger partial charge in [0, 0.05) is 21.7 Å². The molecule has 0 spiro atoms.